The van der Waals surface area contributed by atoms with Gasteiger partial charge >= 0.3 is 12.1 Å². The lowest BCUT2D eigenvalue weighted by Crippen LogP contribution is -2.49. The molecule has 1 saturated carbocycles. The lowest BCUT2D eigenvalue weighted by molar-refractivity contribution is 0.138. The van der Waals surface area contributed by atoms with Crippen molar-refractivity contribution in [1.29, 1.82) is 0 Å². The minimum Gasteiger partial charge on any atom is -0.439 e. The first-order chi connectivity index (χ1) is 17.4. The Morgan fingerprint density at radius 1 is 1.06 bits per heavy atom. The maximum absolute atomic E-state index is 13.7. The van der Waals surface area contributed by atoms with Gasteiger partial charge in [-0.05, 0) is 24.8 Å². The van der Waals surface area contributed by atoms with Crippen molar-refractivity contribution in [2.45, 2.75) is 44.0 Å². The average molecular weight is 497 g/mol. The normalized spacial score (nSPS) is 22.9. The first kappa shape index (κ1) is 22.4. The van der Waals surface area contributed by atoms with Gasteiger partial charge in [-0.15, -0.1) is 0 Å². The Morgan fingerprint density at radius 2 is 1.78 bits per heavy atom. The number of hydrogen-bond acceptors (Lipinski definition) is 4. The number of aromatic nitrogens is 2. The van der Waals surface area contributed by atoms with Crippen molar-refractivity contribution in [3.05, 3.63) is 77.4 Å². The number of anilines is 2. The van der Waals surface area contributed by atoms with Crippen LogP contribution in [0, 0.1) is 17.5 Å². The number of urea groups is 1. The quantitative estimate of drug-likeness (QED) is 0.509. The Labute approximate surface area is 204 Å². The summed E-state index contributed by atoms with van der Waals surface area (Å²) in [7, 11) is 0. The van der Waals surface area contributed by atoms with E-state index in [0.29, 0.717) is 17.9 Å². The number of cyclic esters (lactones) is 1. The fourth-order valence-corrected chi connectivity index (χ4v) is 5.44. The SMILES string of the molecule is O=C1OC(c2ccccc2)CN1c1cnn2c1CN(C(=O)Nc1cc(F)c(F)c(F)c1)[C@H]1CCC[C@H]12. The number of rotatable bonds is 3. The Balaban J connectivity index is 1.28. The lowest BCUT2D eigenvalue weighted by atomic mass is 10.1. The number of ether oxygens (including phenoxy) is 1. The maximum atomic E-state index is 13.7. The van der Waals surface area contributed by atoms with Crippen molar-refractivity contribution in [2.75, 3.05) is 16.8 Å². The molecular weight excluding hydrogens is 475 g/mol. The molecule has 6 rings (SSSR count). The number of carbonyl (C=O) groups is 2. The van der Waals surface area contributed by atoms with Gasteiger partial charge in [0.15, 0.2) is 17.5 Å². The van der Waals surface area contributed by atoms with E-state index in [1.54, 1.807) is 11.1 Å². The molecule has 11 heteroatoms. The number of fused-ring (bicyclic) bond motifs is 3. The van der Waals surface area contributed by atoms with Crippen LogP contribution in [0.3, 0.4) is 0 Å². The van der Waals surface area contributed by atoms with Gasteiger partial charge in [0.25, 0.3) is 0 Å². The second kappa shape index (κ2) is 8.58. The standard InChI is InChI=1S/C25H22F3N5O3/c26-16-9-15(10-17(27)23(16)28)30-24(34)31-12-21-20(11-29-33(21)19-8-4-7-18(19)31)32-13-22(36-25(32)35)14-5-2-1-3-6-14/h1-3,5-6,9-11,18-19,22H,4,7-8,12-13H2,(H,30,34)/t18-,19+,22?/m0/s1. The van der Waals surface area contributed by atoms with Crippen LogP contribution in [0.5, 0.6) is 0 Å². The van der Waals surface area contributed by atoms with Crippen LogP contribution in [-0.4, -0.2) is 39.4 Å². The summed E-state index contributed by atoms with van der Waals surface area (Å²) in [6.45, 7) is 0.435. The number of carbonyl (C=O) groups excluding carboxylic acids is 2. The molecule has 1 aromatic heterocycles. The molecule has 36 heavy (non-hydrogen) atoms. The van der Waals surface area contributed by atoms with Crippen molar-refractivity contribution < 1.29 is 27.5 Å². The van der Waals surface area contributed by atoms with E-state index in [9.17, 15) is 22.8 Å². The number of nitrogens with zero attached hydrogens (tertiary/aromatic N) is 4. The molecule has 3 atom stereocenters. The highest BCUT2D eigenvalue weighted by molar-refractivity contribution is 5.92. The highest BCUT2D eigenvalue weighted by Gasteiger charge is 2.44. The zero-order valence-electron chi connectivity index (χ0n) is 19.0. The van der Waals surface area contributed by atoms with Crippen LogP contribution in [-0.2, 0) is 11.3 Å². The number of amides is 3. The molecule has 0 spiro atoms. The van der Waals surface area contributed by atoms with Crippen LogP contribution in [0.1, 0.15) is 42.7 Å². The second-order valence-corrected chi connectivity index (χ2v) is 9.19. The minimum atomic E-state index is -1.60. The van der Waals surface area contributed by atoms with E-state index >= 15 is 0 Å². The molecule has 1 unspecified atom stereocenters. The summed E-state index contributed by atoms with van der Waals surface area (Å²) < 4.78 is 48.2. The molecule has 2 aromatic carbocycles. The Hall–Kier alpha value is -4.02. The molecule has 3 amide bonds. The van der Waals surface area contributed by atoms with Crippen molar-refractivity contribution in [2.24, 2.45) is 0 Å². The molecule has 8 nitrogen and oxygen atoms in total. The van der Waals surface area contributed by atoms with Crippen LogP contribution >= 0.6 is 0 Å². The second-order valence-electron chi connectivity index (χ2n) is 9.19. The molecule has 0 radical (unpaired) electrons. The molecule has 186 valence electrons. The largest absolute Gasteiger partial charge is 0.439 e. The highest BCUT2D eigenvalue weighted by Crippen LogP contribution is 2.42. The van der Waals surface area contributed by atoms with E-state index < -0.39 is 35.7 Å². The summed E-state index contributed by atoms with van der Waals surface area (Å²) in [5, 5.41) is 7.04. The number of hydrogen-bond donors (Lipinski definition) is 1. The highest BCUT2D eigenvalue weighted by atomic mass is 19.2. The molecule has 1 N–H and O–H groups in total. The first-order valence-electron chi connectivity index (χ1n) is 11.7. The molecule has 3 heterocycles. The molecular formula is C25H22F3N5O3. The van der Waals surface area contributed by atoms with E-state index in [1.807, 2.05) is 35.0 Å². The molecule has 3 aromatic rings. The average Bonchev–Trinajstić information content (AvgIpc) is 3.60. The van der Waals surface area contributed by atoms with E-state index in [0.717, 1.165) is 37.0 Å². The summed E-state index contributed by atoms with van der Waals surface area (Å²) >= 11 is 0. The third-order valence-corrected chi connectivity index (χ3v) is 7.13. The smallest absolute Gasteiger partial charge is 0.415 e. The van der Waals surface area contributed by atoms with Gasteiger partial charge < -0.3 is 15.0 Å². The number of nitrogens with one attached hydrogen (secondary N) is 1. The van der Waals surface area contributed by atoms with Gasteiger partial charge in [-0.2, -0.15) is 5.10 Å². The van der Waals surface area contributed by atoms with E-state index in [-0.39, 0.29) is 24.3 Å². The molecule has 2 fully saturated rings. The van der Waals surface area contributed by atoms with Crippen molar-refractivity contribution in [3.63, 3.8) is 0 Å². The Bertz CT molecular complexity index is 1320. The third-order valence-electron chi connectivity index (χ3n) is 7.13. The summed E-state index contributed by atoms with van der Waals surface area (Å²) in [4.78, 5) is 29.1. The minimum absolute atomic E-state index is 0.0986. The summed E-state index contributed by atoms with van der Waals surface area (Å²) in [5.74, 6) is -4.37. The molecule has 1 saturated heterocycles. The van der Waals surface area contributed by atoms with Crippen molar-refractivity contribution in [1.82, 2.24) is 14.7 Å². The zero-order chi connectivity index (χ0) is 25.0. The van der Waals surface area contributed by atoms with Crippen molar-refractivity contribution in [3.8, 4) is 0 Å². The monoisotopic (exact) mass is 497 g/mol. The molecule has 2 aliphatic heterocycles. The van der Waals surface area contributed by atoms with Crippen LogP contribution in [0.15, 0.2) is 48.7 Å². The number of halogens is 3. The zero-order valence-corrected chi connectivity index (χ0v) is 19.0. The van der Waals surface area contributed by atoms with E-state index in [4.69, 9.17) is 4.74 Å². The van der Waals surface area contributed by atoms with Crippen LogP contribution < -0.4 is 10.2 Å². The van der Waals surface area contributed by atoms with Crippen LogP contribution in [0.4, 0.5) is 34.1 Å². The van der Waals surface area contributed by atoms with Gasteiger partial charge in [0.1, 0.15) is 6.10 Å². The Kier molecular flexibility index (Phi) is 5.35. The van der Waals surface area contributed by atoms with Gasteiger partial charge in [-0.25, -0.2) is 22.8 Å². The summed E-state index contributed by atoms with van der Waals surface area (Å²) in [5.41, 5.74) is 1.93. The van der Waals surface area contributed by atoms with E-state index in [1.165, 1.54) is 4.90 Å². The summed E-state index contributed by atoms with van der Waals surface area (Å²) in [6.07, 6.45) is 3.09. The Morgan fingerprint density at radius 3 is 2.53 bits per heavy atom. The lowest BCUT2D eigenvalue weighted by Gasteiger charge is -2.38. The molecule has 1 aliphatic carbocycles. The topological polar surface area (TPSA) is 79.7 Å². The van der Waals surface area contributed by atoms with Crippen LogP contribution in [0.25, 0.3) is 0 Å². The number of benzene rings is 2. The van der Waals surface area contributed by atoms with Gasteiger partial charge in [-0.1, -0.05) is 30.3 Å². The third kappa shape index (κ3) is 3.66. The van der Waals surface area contributed by atoms with Crippen LogP contribution in [0.2, 0.25) is 0 Å². The fourth-order valence-electron chi connectivity index (χ4n) is 5.44. The predicted molar refractivity (Wildman–Crippen MR) is 123 cm³/mol. The van der Waals surface area contributed by atoms with Gasteiger partial charge in [0.2, 0.25) is 0 Å². The fraction of sp³-hybridized carbons (Fsp3) is 0.320. The predicted octanol–water partition coefficient (Wildman–Crippen LogP) is 5.14. The van der Waals surface area contributed by atoms with Gasteiger partial charge in [-0.3, -0.25) is 9.58 Å². The first-order valence-corrected chi connectivity index (χ1v) is 11.7. The molecule has 0 bridgehead atoms. The maximum Gasteiger partial charge on any atom is 0.415 e. The summed E-state index contributed by atoms with van der Waals surface area (Å²) in [6, 6.07) is 10.1. The van der Waals surface area contributed by atoms with Gasteiger partial charge in [0, 0.05) is 17.8 Å². The van der Waals surface area contributed by atoms with Crippen molar-refractivity contribution >= 4 is 23.5 Å². The van der Waals surface area contributed by atoms with Gasteiger partial charge in [0.05, 0.1) is 42.8 Å². The van der Waals surface area contributed by atoms with E-state index in [2.05, 4.69) is 10.4 Å². The molecule has 3 aliphatic rings.